The number of nitrogens with zero attached hydrogens (tertiary/aromatic N) is 2. The van der Waals surface area contributed by atoms with Crippen LogP contribution in [0, 0.1) is 6.92 Å². The molecular formula is C10H12N2O3. The summed E-state index contributed by atoms with van der Waals surface area (Å²) in [5.41, 5.74) is 0.334. The van der Waals surface area contributed by atoms with Crippen LogP contribution < -0.4 is 0 Å². The molecule has 0 amide bonds. The van der Waals surface area contributed by atoms with E-state index in [0.29, 0.717) is 18.7 Å². The lowest BCUT2D eigenvalue weighted by Crippen LogP contribution is -2.37. The second kappa shape index (κ2) is 3.58. The predicted octanol–water partition coefficient (Wildman–Crippen LogP) is 0.528. The molecule has 0 aliphatic carbocycles. The van der Waals surface area contributed by atoms with Crippen molar-refractivity contribution >= 4 is 5.97 Å². The molecule has 1 atom stereocenters. The normalized spacial score (nSPS) is 25.4. The Bertz CT molecular complexity index is 386. The second-order valence-corrected chi connectivity index (χ2v) is 3.73. The van der Waals surface area contributed by atoms with Crippen LogP contribution in [0.2, 0.25) is 0 Å². The molecule has 1 aliphatic rings. The highest BCUT2D eigenvalue weighted by molar-refractivity contribution is 5.81. The Morgan fingerprint density at radius 1 is 1.60 bits per heavy atom. The van der Waals surface area contributed by atoms with Gasteiger partial charge in [0, 0.05) is 12.3 Å². The quantitative estimate of drug-likeness (QED) is 0.767. The Morgan fingerprint density at radius 3 is 2.93 bits per heavy atom. The third-order valence-electron chi connectivity index (χ3n) is 2.73. The number of aromatic nitrogens is 2. The SMILES string of the molecule is Cc1cc(C2(C(=O)O)CCOC2)ncn1. The van der Waals surface area contributed by atoms with Crippen LogP contribution in [0.4, 0.5) is 0 Å². The number of carboxylic acids is 1. The number of hydrogen-bond donors (Lipinski definition) is 1. The van der Waals surface area contributed by atoms with Crippen molar-refractivity contribution in [2.75, 3.05) is 13.2 Å². The van der Waals surface area contributed by atoms with E-state index in [1.807, 2.05) is 6.92 Å². The van der Waals surface area contributed by atoms with Crippen LogP contribution in [-0.4, -0.2) is 34.3 Å². The van der Waals surface area contributed by atoms with E-state index in [4.69, 9.17) is 4.74 Å². The summed E-state index contributed by atoms with van der Waals surface area (Å²) < 4.78 is 5.17. The zero-order chi connectivity index (χ0) is 10.9. The van der Waals surface area contributed by atoms with E-state index in [1.54, 1.807) is 6.07 Å². The number of ether oxygens (including phenoxy) is 1. The number of carbonyl (C=O) groups is 1. The van der Waals surface area contributed by atoms with Gasteiger partial charge in [0.15, 0.2) is 0 Å². The zero-order valence-corrected chi connectivity index (χ0v) is 8.43. The highest BCUT2D eigenvalue weighted by Crippen LogP contribution is 2.32. The largest absolute Gasteiger partial charge is 0.480 e. The summed E-state index contributed by atoms with van der Waals surface area (Å²) in [7, 11) is 0. The molecule has 1 aromatic rings. The average molecular weight is 208 g/mol. The second-order valence-electron chi connectivity index (χ2n) is 3.73. The van der Waals surface area contributed by atoms with Crippen molar-refractivity contribution in [1.82, 2.24) is 9.97 Å². The molecule has 1 N–H and O–H groups in total. The van der Waals surface area contributed by atoms with E-state index in [0.717, 1.165) is 5.69 Å². The summed E-state index contributed by atoms with van der Waals surface area (Å²) in [6, 6.07) is 1.71. The number of hydrogen-bond acceptors (Lipinski definition) is 4. The highest BCUT2D eigenvalue weighted by Gasteiger charge is 2.45. The fraction of sp³-hybridized carbons (Fsp3) is 0.500. The molecule has 5 nitrogen and oxygen atoms in total. The van der Waals surface area contributed by atoms with Gasteiger partial charge in [-0.2, -0.15) is 0 Å². The van der Waals surface area contributed by atoms with Gasteiger partial charge in [0.2, 0.25) is 0 Å². The first-order valence-electron chi connectivity index (χ1n) is 4.75. The van der Waals surface area contributed by atoms with Crippen molar-refractivity contribution in [3.63, 3.8) is 0 Å². The van der Waals surface area contributed by atoms with E-state index in [2.05, 4.69) is 9.97 Å². The molecule has 0 spiro atoms. The molecule has 80 valence electrons. The Kier molecular flexibility index (Phi) is 2.40. The topological polar surface area (TPSA) is 72.3 Å². The minimum atomic E-state index is -0.978. The molecule has 0 aromatic carbocycles. The van der Waals surface area contributed by atoms with Crippen LogP contribution in [0.25, 0.3) is 0 Å². The molecule has 2 rings (SSSR count). The lowest BCUT2D eigenvalue weighted by atomic mass is 9.83. The van der Waals surface area contributed by atoms with Gasteiger partial charge in [0.05, 0.1) is 12.3 Å². The predicted molar refractivity (Wildman–Crippen MR) is 51.5 cm³/mol. The first kappa shape index (κ1) is 10.0. The molecule has 0 bridgehead atoms. The molecule has 2 heterocycles. The molecule has 15 heavy (non-hydrogen) atoms. The summed E-state index contributed by atoms with van der Waals surface area (Å²) in [5.74, 6) is -0.877. The number of carboxylic acid groups (broad SMARTS) is 1. The van der Waals surface area contributed by atoms with Gasteiger partial charge in [0.1, 0.15) is 11.7 Å². The molecule has 1 aromatic heterocycles. The molecule has 1 fully saturated rings. The standard InChI is InChI=1S/C10H12N2O3/c1-7-4-8(12-6-11-7)10(9(13)14)2-3-15-5-10/h4,6H,2-3,5H2,1H3,(H,13,14). The minimum Gasteiger partial charge on any atom is -0.480 e. The van der Waals surface area contributed by atoms with Crippen LogP contribution in [0.15, 0.2) is 12.4 Å². The first-order valence-corrected chi connectivity index (χ1v) is 4.75. The fourth-order valence-corrected chi connectivity index (χ4v) is 1.76. The van der Waals surface area contributed by atoms with E-state index in [1.165, 1.54) is 6.33 Å². The van der Waals surface area contributed by atoms with Gasteiger partial charge >= 0.3 is 5.97 Å². The Hall–Kier alpha value is -1.49. The van der Waals surface area contributed by atoms with E-state index < -0.39 is 11.4 Å². The number of aryl methyl sites for hydroxylation is 1. The summed E-state index contributed by atoms with van der Waals surface area (Å²) in [6.45, 7) is 2.48. The molecule has 0 radical (unpaired) electrons. The lowest BCUT2D eigenvalue weighted by molar-refractivity contribution is -0.144. The van der Waals surface area contributed by atoms with Crippen molar-refractivity contribution in [2.24, 2.45) is 0 Å². The van der Waals surface area contributed by atoms with Gasteiger partial charge in [-0.25, -0.2) is 9.97 Å². The zero-order valence-electron chi connectivity index (χ0n) is 8.43. The van der Waals surface area contributed by atoms with Gasteiger partial charge in [-0.3, -0.25) is 4.79 Å². The van der Waals surface area contributed by atoms with Crippen LogP contribution in [0.5, 0.6) is 0 Å². The van der Waals surface area contributed by atoms with Crippen molar-refractivity contribution < 1.29 is 14.6 Å². The minimum absolute atomic E-state index is 0.193. The van der Waals surface area contributed by atoms with Crippen LogP contribution >= 0.6 is 0 Å². The fourth-order valence-electron chi connectivity index (χ4n) is 1.76. The Balaban J connectivity index is 2.45. The van der Waals surface area contributed by atoms with Gasteiger partial charge in [0.25, 0.3) is 0 Å². The van der Waals surface area contributed by atoms with Crippen LogP contribution in [-0.2, 0) is 14.9 Å². The highest BCUT2D eigenvalue weighted by atomic mass is 16.5. The number of aliphatic carboxylic acids is 1. The summed E-state index contributed by atoms with van der Waals surface area (Å²) in [4.78, 5) is 19.3. The van der Waals surface area contributed by atoms with Crippen molar-refractivity contribution in [3.8, 4) is 0 Å². The maximum absolute atomic E-state index is 11.3. The molecule has 1 aliphatic heterocycles. The third-order valence-corrected chi connectivity index (χ3v) is 2.73. The molecular weight excluding hydrogens is 196 g/mol. The van der Waals surface area contributed by atoms with E-state index in [9.17, 15) is 9.90 Å². The Morgan fingerprint density at radius 2 is 2.40 bits per heavy atom. The van der Waals surface area contributed by atoms with Gasteiger partial charge in [-0.05, 0) is 19.4 Å². The van der Waals surface area contributed by atoms with Crippen LogP contribution in [0.3, 0.4) is 0 Å². The molecule has 1 unspecified atom stereocenters. The van der Waals surface area contributed by atoms with E-state index >= 15 is 0 Å². The van der Waals surface area contributed by atoms with Gasteiger partial charge in [-0.15, -0.1) is 0 Å². The summed E-state index contributed by atoms with van der Waals surface area (Å²) in [5, 5.41) is 9.27. The van der Waals surface area contributed by atoms with Gasteiger partial charge < -0.3 is 9.84 Å². The lowest BCUT2D eigenvalue weighted by Gasteiger charge is -2.21. The average Bonchev–Trinajstić information content (AvgIpc) is 2.67. The summed E-state index contributed by atoms with van der Waals surface area (Å²) in [6.07, 6.45) is 1.87. The van der Waals surface area contributed by atoms with Gasteiger partial charge in [-0.1, -0.05) is 0 Å². The number of rotatable bonds is 2. The van der Waals surface area contributed by atoms with Crippen molar-refractivity contribution in [3.05, 3.63) is 23.8 Å². The monoisotopic (exact) mass is 208 g/mol. The maximum atomic E-state index is 11.3. The molecule has 5 heteroatoms. The molecule has 0 saturated carbocycles. The third kappa shape index (κ3) is 1.59. The van der Waals surface area contributed by atoms with Crippen molar-refractivity contribution in [2.45, 2.75) is 18.8 Å². The van der Waals surface area contributed by atoms with Crippen molar-refractivity contribution in [1.29, 1.82) is 0 Å². The van der Waals surface area contributed by atoms with Crippen LogP contribution in [0.1, 0.15) is 17.8 Å². The Labute approximate surface area is 87.1 Å². The van der Waals surface area contributed by atoms with E-state index in [-0.39, 0.29) is 6.61 Å². The summed E-state index contributed by atoms with van der Waals surface area (Å²) >= 11 is 0. The molecule has 1 saturated heterocycles. The first-order chi connectivity index (χ1) is 7.15. The maximum Gasteiger partial charge on any atom is 0.318 e. The smallest absolute Gasteiger partial charge is 0.318 e.